The van der Waals surface area contributed by atoms with Crippen LogP contribution in [0.4, 0.5) is 0 Å². The molecular formula is C17H27IN4O. The predicted octanol–water partition coefficient (Wildman–Crippen LogP) is 2.55. The first-order valence-corrected chi connectivity index (χ1v) is 8.11. The van der Waals surface area contributed by atoms with Gasteiger partial charge in [0.05, 0.1) is 6.54 Å². The van der Waals surface area contributed by atoms with Gasteiger partial charge in [-0.2, -0.15) is 0 Å². The van der Waals surface area contributed by atoms with E-state index in [4.69, 9.17) is 5.73 Å². The highest BCUT2D eigenvalue weighted by molar-refractivity contribution is 14.0. The lowest BCUT2D eigenvalue weighted by Crippen LogP contribution is -2.41. The standard InChI is InChI=1S/C17H26N4O.HI/c18-17(21-15-9-5-2-6-10-15)19-12-11-16(22)20-13-14-7-3-1-4-8-14;/h1,3-4,7-8,15H,2,5-6,9-13H2,(H,20,22)(H3,18,19,21);1H. The Balaban J connectivity index is 0.00000264. The fraction of sp³-hybridized carbons (Fsp3) is 0.529. The fourth-order valence-electron chi connectivity index (χ4n) is 2.66. The van der Waals surface area contributed by atoms with Crippen molar-refractivity contribution in [1.29, 1.82) is 0 Å². The summed E-state index contributed by atoms with van der Waals surface area (Å²) in [6.45, 7) is 0.978. The smallest absolute Gasteiger partial charge is 0.222 e. The van der Waals surface area contributed by atoms with E-state index in [-0.39, 0.29) is 29.9 Å². The van der Waals surface area contributed by atoms with E-state index >= 15 is 0 Å². The Kier molecular flexibility index (Phi) is 9.66. The number of guanidine groups is 1. The second kappa shape index (κ2) is 11.3. The molecule has 0 radical (unpaired) electrons. The lowest BCUT2D eigenvalue weighted by molar-refractivity contribution is -0.121. The minimum atomic E-state index is -0.00179. The van der Waals surface area contributed by atoms with Gasteiger partial charge < -0.3 is 16.4 Å². The summed E-state index contributed by atoms with van der Waals surface area (Å²) >= 11 is 0. The number of amides is 1. The zero-order valence-corrected chi connectivity index (χ0v) is 15.8. The second-order valence-corrected chi connectivity index (χ2v) is 5.76. The lowest BCUT2D eigenvalue weighted by atomic mass is 9.96. The van der Waals surface area contributed by atoms with Crippen LogP contribution in [-0.4, -0.2) is 24.5 Å². The van der Waals surface area contributed by atoms with Gasteiger partial charge in [0, 0.05) is 19.0 Å². The summed E-state index contributed by atoms with van der Waals surface area (Å²) in [7, 11) is 0. The molecule has 128 valence electrons. The molecule has 1 saturated carbocycles. The second-order valence-electron chi connectivity index (χ2n) is 5.76. The number of benzene rings is 1. The van der Waals surface area contributed by atoms with E-state index in [9.17, 15) is 4.79 Å². The van der Waals surface area contributed by atoms with Gasteiger partial charge in [-0.05, 0) is 18.4 Å². The third kappa shape index (κ3) is 8.20. The number of aliphatic imine (C=N–C) groups is 1. The van der Waals surface area contributed by atoms with Gasteiger partial charge >= 0.3 is 0 Å². The van der Waals surface area contributed by atoms with E-state index < -0.39 is 0 Å². The average Bonchev–Trinajstić information content (AvgIpc) is 2.55. The topological polar surface area (TPSA) is 79.5 Å². The molecule has 1 aromatic rings. The summed E-state index contributed by atoms with van der Waals surface area (Å²) in [5.74, 6) is 0.459. The van der Waals surface area contributed by atoms with Crippen molar-refractivity contribution in [3.05, 3.63) is 35.9 Å². The van der Waals surface area contributed by atoms with Gasteiger partial charge in [-0.25, -0.2) is 0 Å². The van der Waals surface area contributed by atoms with Gasteiger partial charge in [0.25, 0.3) is 0 Å². The number of halogens is 1. The van der Waals surface area contributed by atoms with Crippen LogP contribution in [0.5, 0.6) is 0 Å². The van der Waals surface area contributed by atoms with Crippen molar-refractivity contribution in [2.75, 3.05) is 6.54 Å². The van der Waals surface area contributed by atoms with Crippen molar-refractivity contribution < 1.29 is 4.79 Å². The molecule has 0 aromatic heterocycles. The Labute approximate surface area is 155 Å². The first kappa shape index (κ1) is 19.7. The highest BCUT2D eigenvalue weighted by Gasteiger charge is 2.13. The first-order chi connectivity index (χ1) is 10.7. The van der Waals surface area contributed by atoms with E-state index in [2.05, 4.69) is 15.6 Å². The summed E-state index contributed by atoms with van der Waals surface area (Å²) in [6, 6.07) is 10.3. The van der Waals surface area contributed by atoms with Crippen molar-refractivity contribution >= 4 is 35.8 Å². The SMILES string of the molecule is I.NC(=NCCC(=O)NCc1ccccc1)NC1CCCCC1. The Bertz CT molecular complexity index is 487. The van der Waals surface area contributed by atoms with Crippen LogP contribution in [0.2, 0.25) is 0 Å². The molecule has 6 heteroatoms. The molecule has 0 atom stereocenters. The van der Waals surface area contributed by atoms with Gasteiger partial charge in [-0.1, -0.05) is 49.6 Å². The van der Waals surface area contributed by atoms with E-state index in [1.54, 1.807) is 0 Å². The maximum absolute atomic E-state index is 11.7. The van der Waals surface area contributed by atoms with Crippen LogP contribution in [-0.2, 0) is 11.3 Å². The summed E-state index contributed by atoms with van der Waals surface area (Å²) in [5.41, 5.74) is 6.96. The van der Waals surface area contributed by atoms with Crippen LogP contribution in [0, 0.1) is 0 Å². The molecule has 2 rings (SSSR count). The third-order valence-electron chi connectivity index (χ3n) is 3.91. The summed E-state index contributed by atoms with van der Waals surface area (Å²) in [5, 5.41) is 6.13. The molecule has 1 fully saturated rings. The first-order valence-electron chi connectivity index (χ1n) is 8.11. The summed E-state index contributed by atoms with van der Waals surface area (Å²) < 4.78 is 0. The molecule has 1 aromatic carbocycles. The number of carbonyl (C=O) groups excluding carboxylic acids is 1. The number of nitrogens with zero attached hydrogens (tertiary/aromatic N) is 1. The molecule has 0 aliphatic heterocycles. The molecule has 1 aliphatic carbocycles. The van der Waals surface area contributed by atoms with Crippen molar-refractivity contribution in [3.8, 4) is 0 Å². The van der Waals surface area contributed by atoms with Crippen LogP contribution in [0.3, 0.4) is 0 Å². The van der Waals surface area contributed by atoms with Gasteiger partial charge in [0.2, 0.25) is 5.91 Å². The van der Waals surface area contributed by atoms with Crippen LogP contribution in [0.1, 0.15) is 44.1 Å². The molecule has 23 heavy (non-hydrogen) atoms. The molecular weight excluding hydrogens is 403 g/mol. The highest BCUT2D eigenvalue weighted by Crippen LogP contribution is 2.16. The quantitative estimate of drug-likeness (QED) is 0.369. The largest absolute Gasteiger partial charge is 0.370 e. The number of hydrogen-bond acceptors (Lipinski definition) is 2. The number of nitrogens with two attached hydrogens (primary N) is 1. The van der Waals surface area contributed by atoms with Gasteiger partial charge in [0.15, 0.2) is 5.96 Å². The van der Waals surface area contributed by atoms with E-state index in [0.717, 1.165) is 18.4 Å². The Morgan fingerprint density at radius 2 is 1.87 bits per heavy atom. The fourth-order valence-corrected chi connectivity index (χ4v) is 2.66. The van der Waals surface area contributed by atoms with Crippen LogP contribution in [0.15, 0.2) is 35.3 Å². The molecule has 1 aliphatic rings. The zero-order chi connectivity index (χ0) is 15.6. The molecule has 0 heterocycles. The van der Waals surface area contributed by atoms with Crippen molar-refractivity contribution in [3.63, 3.8) is 0 Å². The number of rotatable bonds is 6. The van der Waals surface area contributed by atoms with Crippen LogP contribution >= 0.6 is 24.0 Å². The van der Waals surface area contributed by atoms with Gasteiger partial charge in [-0.15, -0.1) is 24.0 Å². The zero-order valence-electron chi connectivity index (χ0n) is 13.5. The third-order valence-corrected chi connectivity index (χ3v) is 3.91. The lowest BCUT2D eigenvalue weighted by Gasteiger charge is -2.23. The highest BCUT2D eigenvalue weighted by atomic mass is 127. The van der Waals surface area contributed by atoms with Gasteiger partial charge in [-0.3, -0.25) is 9.79 Å². The summed E-state index contributed by atoms with van der Waals surface area (Å²) in [6.07, 6.45) is 6.51. The molecule has 0 spiro atoms. The van der Waals surface area contributed by atoms with Crippen molar-refractivity contribution in [2.24, 2.45) is 10.7 Å². The van der Waals surface area contributed by atoms with E-state index in [1.807, 2.05) is 30.3 Å². The van der Waals surface area contributed by atoms with E-state index in [1.165, 1.54) is 19.3 Å². The van der Waals surface area contributed by atoms with Crippen LogP contribution < -0.4 is 16.4 Å². The number of hydrogen-bond donors (Lipinski definition) is 3. The average molecular weight is 430 g/mol. The van der Waals surface area contributed by atoms with Crippen molar-refractivity contribution in [1.82, 2.24) is 10.6 Å². The number of carbonyl (C=O) groups is 1. The summed E-state index contributed by atoms with van der Waals surface area (Å²) in [4.78, 5) is 16.0. The van der Waals surface area contributed by atoms with Crippen LogP contribution in [0.25, 0.3) is 0 Å². The van der Waals surface area contributed by atoms with E-state index in [0.29, 0.717) is 31.5 Å². The Hall–Kier alpha value is -1.31. The predicted molar refractivity (Wildman–Crippen MR) is 105 cm³/mol. The minimum Gasteiger partial charge on any atom is -0.370 e. The van der Waals surface area contributed by atoms with Crippen molar-refractivity contribution in [2.45, 2.75) is 51.1 Å². The van der Waals surface area contributed by atoms with Gasteiger partial charge in [0.1, 0.15) is 0 Å². The molecule has 0 saturated heterocycles. The maximum atomic E-state index is 11.7. The molecule has 0 bridgehead atoms. The number of nitrogens with one attached hydrogen (secondary N) is 2. The minimum absolute atomic E-state index is 0. The monoisotopic (exact) mass is 430 g/mol. The molecule has 5 nitrogen and oxygen atoms in total. The Morgan fingerprint density at radius 3 is 2.57 bits per heavy atom. The Morgan fingerprint density at radius 1 is 1.17 bits per heavy atom. The molecule has 4 N–H and O–H groups in total. The molecule has 1 amide bonds. The maximum Gasteiger partial charge on any atom is 0.222 e. The normalized spacial score (nSPS) is 15.6. The molecule has 0 unspecified atom stereocenters.